The number of alkyl halides is 1. The Morgan fingerprint density at radius 2 is 1.70 bits per heavy atom. The first-order valence-electron chi connectivity index (χ1n) is 9.05. The summed E-state index contributed by atoms with van der Waals surface area (Å²) in [5, 5.41) is 0.846. The van der Waals surface area contributed by atoms with Crippen LogP contribution in [0, 0.1) is 0 Å². The minimum atomic E-state index is -0.433. The van der Waals surface area contributed by atoms with Crippen molar-refractivity contribution in [3.8, 4) is 0 Å². The summed E-state index contributed by atoms with van der Waals surface area (Å²) in [7, 11) is 0. The van der Waals surface area contributed by atoms with Gasteiger partial charge in [0, 0.05) is 18.4 Å². The predicted octanol–water partition coefficient (Wildman–Crippen LogP) is 4.89. The van der Waals surface area contributed by atoms with Gasteiger partial charge in [0.1, 0.15) is 5.60 Å². The second-order valence-electron chi connectivity index (χ2n) is 8.02. The highest BCUT2D eigenvalue weighted by molar-refractivity contribution is 9.09. The van der Waals surface area contributed by atoms with Crippen LogP contribution in [0.3, 0.4) is 0 Å². The second kappa shape index (κ2) is 8.19. The molecule has 1 saturated carbocycles. The minimum Gasteiger partial charge on any atom is -0.444 e. The molecule has 2 fully saturated rings. The van der Waals surface area contributed by atoms with Gasteiger partial charge < -0.3 is 14.4 Å². The van der Waals surface area contributed by atoms with Gasteiger partial charge in [-0.2, -0.15) is 0 Å². The molecule has 1 saturated heterocycles. The van der Waals surface area contributed by atoms with Crippen molar-refractivity contribution in [3.63, 3.8) is 0 Å². The number of rotatable bonds is 3. The maximum Gasteiger partial charge on any atom is 0.410 e. The van der Waals surface area contributed by atoms with Crippen molar-refractivity contribution in [2.75, 3.05) is 18.4 Å². The zero-order valence-electron chi connectivity index (χ0n) is 14.9. The van der Waals surface area contributed by atoms with Gasteiger partial charge >= 0.3 is 6.09 Å². The largest absolute Gasteiger partial charge is 0.444 e. The van der Waals surface area contributed by atoms with Gasteiger partial charge in [-0.1, -0.05) is 41.6 Å². The van der Waals surface area contributed by atoms with E-state index in [1.165, 1.54) is 38.5 Å². The van der Waals surface area contributed by atoms with Crippen molar-refractivity contribution in [3.05, 3.63) is 0 Å². The summed E-state index contributed by atoms with van der Waals surface area (Å²) in [4.78, 5) is 14.0. The molecule has 0 aromatic heterocycles. The smallest absolute Gasteiger partial charge is 0.410 e. The topological polar surface area (TPSA) is 38.8 Å². The number of nitrogens with zero attached hydrogens (tertiary/aromatic N) is 1. The molecule has 4 nitrogen and oxygen atoms in total. The molecule has 0 unspecified atom stereocenters. The number of carbonyl (C=O) groups excluding carboxylic acids is 1. The first-order valence-corrected chi connectivity index (χ1v) is 10.2. The Labute approximate surface area is 149 Å². The minimum absolute atomic E-state index is 0.118. The Morgan fingerprint density at radius 1 is 1.13 bits per heavy atom. The highest BCUT2D eigenvalue weighted by Gasteiger charge is 2.39. The average molecular weight is 390 g/mol. The quantitative estimate of drug-likeness (QED) is 0.509. The van der Waals surface area contributed by atoms with E-state index in [0.717, 1.165) is 18.2 Å². The molecule has 2 aliphatic rings. The van der Waals surface area contributed by atoms with E-state index < -0.39 is 5.60 Å². The molecule has 0 N–H and O–H groups in total. The number of halogens is 1. The Morgan fingerprint density at radius 3 is 2.17 bits per heavy atom. The van der Waals surface area contributed by atoms with Crippen LogP contribution >= 0.6 is 15.9 Å². The van der Waals surface area contributed by atoms with Crippen LogP contribution in [-0.4, -0.2) is 46.7 Å². The Bertz CT molecular complexity index is 378. The van der Waals surface area contributed by atoms with E-state index in [-0.39, 0.29) is 11.7 Å². The van der Waals surface area contributed by atoms with E-state index >= 15 is 0 Å². The van der Waals surface area contributed by atoms with Crippen LogP contribution in [0.5, 0.6) is 0 Å². The lowest BCUT2D eigenvalue weighted by Gasteiger charge is -2.42. The van der Waals surface area contributed by atoms with Gasteiger partial charge in [-0.15, -0.1) is 0 Å². The van der Waals surface area contributed by atoms with E-state index in [4.69, 9.17) is 9.47 Å². The van der Waals surface area contributed by atoms with E-state index in [1.54, 1.807) is 0 Å². The third-order valence-corrected chi connectivity index (χ3v) is 5.81. The fourth-order valence-corrected chi connectivity index (χ4v) is 4.11. The van der Waals surface area contributed by atoms with Crippen molar-refractivity contribution in [2.45, 2.75) is 89.4 Å². The molecule has 0 bridgehead atoms. The molecular weight excluding hydrogens is 358 g/mol. The fourth-order valence-electron chi connectivity index (χ4n) is 3.42. The predicted molar refractivity (Wildman–Crippen MR) is 96.1 cm³/mol. The van der Waals surface area contributed by atoms with Crippen LogP contribution in [-0.2, 0) is 9.47 Å². The van der Waals surface area contributed by atoms with Gasteiger partial charge in [0.25, 0.3) is 0 Å². The molecule has 0 aromatic rings. The highest BCUT2D eigenvalue weighted by atomic mass is 79.9. The van der Waals surface area contributed by atoms with Gasteiger partial charge in [-0.05, 0) is 46.5 Å². The van der Waals surface area contributed by atoms with E-state index in [1.807, 2.05) is 25.7 Å². The fraction of sp³-hybridized carbons (Fsp3) is 0.944. The molecule has 0 spiro atoms. The lowest BCUT2D eigenvalue weighted by molar-refractivity contribution is -0.111. The van der Waals surface area contributed by atoms with Gasteiger partial charge in [0.05, 0.1) is 11.7 Å². The summed E-state index contributed by atoms with van der Waals surface area (Å²) in [5.41, 5.74) is -0.550. The molecular formula is C18H32BrNO3. The molecule has 1 aliphatic heterocycles. The molecule has 2 rings (SSSR count). The summed E-state index contributed by atoms with van der Waals surface area (Å²) in [6.07, 6.45) is 9.58. The molecule has 134 valence electrons. The number of piperidine rings is 1. The normalized spacial score (nSPS) is 23.4. The summed E-state index contributed by atoms with van der Waals surface area (Å²) in [5.74, 6) is 0. The summed E-state index contributed by atoms with van der Waals surface area (Å²) >= 11 is 3.66. The first-order chi connectivity index (χ1) is 10.8. The average Bonchev–Trinajstić information content (AvgIpc) is 2.74. The monoisotopic (exact) mass is 389 g/mol. The zero-order valence-corrected chi connectivity index (χ0v) is 16.5. The van der Waals surface area contributed by atoms with Crippen molar-refractivity contribution in [1.29, 1.82) is 0 Å². The number of hydrogen-bond acceptors (Lipinski definition) is 3. The summed E-state index contributed by atoms with van der Waals surface area (Å²) in [6.45, 7) is 7.16. The van der Waals surface area contributed by atoms with Gasteiger partial charge in [-0.25, -0.2) is 4.79 Å². The molecule has 0 aromatic carbocycles. The maximum absolute atomic E-state index is 12.2. The molecule has 23 heavy (non-hydrogen) atoms. The highest BCUT2D eigenvalue weighted by Crippen LogP contribution is 2.33. The van der Waals surface area contributed by atoms with Crippen LogP contribution in [0.4, 0.5) is 4.79 Å². The van der Waals surface area contributed by atoms with Crippen LogP contribution < -0.4 is 0 Å². The Kier molecular flexibility index (Phi) is 6.78. The summed E-state index contributed by atoms with van der Waals surface area (Å²) < 4.78 is 12.0. The second-order valence-corrected chi connectivity index (χ2v) is 8.58. The van der Waals surface area contributed by atoms with Crippen LogP contribution in [0.1, 0.15) is 72.1 Å². The van der Waals surface area contributed by atoms with Crippen LogP contribution in [0.25, 0.3) is 0 Å². The number of hydrogen-bond donors (Lipinski definition) is 0. The van der Waals surface area contributed by atoms with Crippen molar-refractivity contribution < 1.29 is 14.3 Å². The molecule has 1 aliphatic carbocycles. The number of carbonyl (C=O) groups is 1. The first kappa shape index (κ1) is 19.0. The third kappa shape index (κ3) is 5.93. The Hall–Kier alpha value is -0.290. The third-order valence-electron chi connectivity index (χ3n) is 4.79. The Balaban J connectivity index is 1.87. The number of amides is 1. The van der Waals surface area contributed by atoms with Gasteiger partial charge in [-0.3, -0.25) is 0 Å². The van der Waals surface area contributed by atoms with Crippen molar-refractivity contribution in [1.82, 2.24) is 4.90 Å². The van der Waals surface area contributed by atoms with E-state index in [2.05, 4.69) is 15.9 Å². The van der Waals surface area contributed by atoms with Gasteiger partial charge in [0.2, 0.25) is 0 Å². The summed E-state index contributed by atoms with van der Waals surface area (Å²) in [6, 6.07) is 0. The molecule has 0 radical (unpaired) electrons. The standard InChI is InChI=1S/C18H32BrNO3/c1-17(2,3)23-16(21)20-12-10-18(14-19,11-13-20)22-15-8-6-4-5-7-9-15/h15H,4-14H2,1-3H3. The molecule has 1 heterocycles. The molecule has 1 amide bonds. The van der Waals surface area contributed by atoms with Gasteiger partial charge in [0.15, 0.2) is 0 Å². The lowest BCUT2D eigenvalue weighted by Crippen LogP contribution is -2.51. The maximum atomic E-state index is 12.2. The van der Waals surface area contributed by atoms with Crippen molar-refractivity contribution in [2.24, 2.45) is 0 Å². The SMILES string of the molecule is CC(C)(C)OC(=O)N1CCC(CBr)(OC2CCCCCC2)CC1. The zero-order chi connectivity index (χ0) is 16.9. The van der Waals surface area contributed by atoms with E-state index in [9.17, 15) is 4.79 Å². The van der Waals surface area contributed by atoms with Crippen molar-refractivity contribution >= 4 is 22.0 Å². The lowest BCUT2D eigenvalue weighted by atomic mass is 9.92. The van der Waals surface area contributed by atoms with Crippen LogP contribution in [0.2, 0.25) is 0 Å². The van der Waals surface area contributed by atoms with Crippen LogP contribution in [0.15, 0.2) is 0 Å². The van der Waals surface area contributed by atoms with E-state index in [0.29, 0.717) is 19.2 Å². The number of ether oxygens (including phenoxy) is 2. The number of likely N-dealkylation sites (tertiary alicyclic amines) is 1. The molecule has 0 atom stereocenters. The molecule has 5 heteroatoms.